The zero-order chi connectivity index (χ0) is 19.1. The van der Waals surface area contributed by atoms with Gasteiger partial charge in [-0.1, -0.05) is 48.5 Å². The van der Waals surface area contributed by atoms with Crippen LogP contribution in [0.1, 0.15) is 39.2 Å². The minimum atomic E-state index is -0.598. The Morgan fingerprint density at radius 2 is 1.70 bits per heavy atom. The quantitative estimate of drug-likeness (QED) is 0.845. The van der Waals surface area contributed by atoms with Crippen LogP contribution in [-0.2, 0) is 20.9 Å². The van der Waals surface area contributed by atoms with Gasteiger partial charge in [-0.25, -0.2) is 0 Å². The van der Waals surface area contributed by atoms with Gasteiger partial charge in [0.2, 0.25) is 5.91 Å². The molecule has 27 heavy (non-hydrogen) atoms. The molecule has 2 aromatic carbocycles. The van der Waals surface area contributed by atoms with E-state index in [4.69, 9.17) is 9.47 Å². The first kappa shape index (κ1) is 18.2. The second-order valence-electron chi connectivity index (χ2n) is 8.49. The van der Waals surface area contributed by atoms with E-state index in [9.17, 15) is 4.79 Å². The number of anilines is 1. The molecule has 2 bridgehead atoms. The Kier molecular flexibility index (Phi) is 4.36. The average molecular weight is 365 g/mol. The van der Waals surface area contributed by atoms with Gasteiger partial charge < -0.3 is 14.8 Å². The minimum Gasteiger partial charge on any atom is -0.371 e. The first-order chi connectivity index (χ1) is 12.8. The van der Waals surface area contributed by atoms with Gasteiger partial charge in [0, 0.05) is 5.69 Å². The summed E-state index contributed by atoms with van der Waals surface area (Å²) in [6, 6.07) is 19.7. The topological polar surface area (TPSA) is 47.6 Å². The second kappa shape index (κ2) is 6.47. The van der Waals surface area contributed by atoms with E-state index < -0.39 is 16.6 Å². The third kappa shape index (κ3) is 3.07. The molecule has 0 unspecified atom stereocenters. The van der Waals surface area contributed by atoms with E-state index in [2.05, 4.69) is 24.4 Å². The van der Waals surface area contributed by atoms with E-state index in [0.717, 1.165) is 11.3 Å². The fourth-order valence-electron chi connectivity index (χ4n) is 4.78. The lowest BCUT2D eigenvalue weighted by Crippen LogP contribution is -2.54. The average Bonchev–Trinajstić information content (AvgIpc) is 3.06. The number of benzene rings is 2. The largest absolute Gasteiger partial charge is 0.371 e. The second-order valence-corrected chi connectivity index (χ2v) is 8.49. The first-order valence-corrected chi connectivity index (χ1v) is 9.57. The van der Waals surface area contributed by atoms with Gasteiger partial charge in [0.05, 0.1) is 29.3 Å². The van der Waals surface area contributed by atoms with E-state index in [1.807, 2.05) is 62.4 Å². The first-order valence-electron chi connectivity index (χ1n) is 9.57. The Hall–Kier alpha value is -2.17. The molecule has 4 heteroatoms. The molecule has 3 atom stereocenters. The lowest BCUT2D eigenvalue weighted by atomic mass is 9.72. The van der Waals surface area contributed by atoms with Crippen LogP contribution in [0.25, 0.3) is 0 Å². The molecule has 2 aromatic rings. The maximum atomic E-state index is 13.3. The number of amides is 1. The maximum absolute atomic E-state index is 13.3. The van der Waals surface area contributed by atoms with Crippen molar-refractivity contribution in [3.8, 4) is 0 Å². The molecule has 1 aliphatic heterocycles. The molecular formula is C23H27NO3. The number of hydrogen-bond donors (Lipinski definition) is 1. The smallest absolute Gasteiger partial charge is 0.233 e. The highest BCUT2D eigenvalue weighted by molar-refractivity contribution is 5.97. The number of hydrogen-bond acceptors (Lipinski definition) is 3. The van der Waals surface area contributed by atoms with E-state index in [1.54, 1.807) is 0 Å². The molecule has 4 rings (SSSR count). The van der Waals surface area contributed by atoms with Crippen molar-refractivity contribution in [3.05, 3.63) is 66.2 Å². The van der Waals surface area contributed by atoms with Crippen molar-refractivity contribution in [1.29, 1.82) is 0 Å². The van der Waals surface area contributed by atoms with E-state index in [1.165, 1.54) is 0 Å². The fourth-order valence-corrected chi connectivity index (χ4v) is 4.78. The number of para-hydroxylation sites is 1. The standard InChI is InChI=1S/C23H27NO3/c1-21(2)23(20(25)24-18-12-8-5-9-13-18)14-19(22(3,16-23)27-21)26-15-17-10-6-4-7-11-17/h4-13,19H,14-16H2,1-3H3,(H,24,25)/t19-,22+,23+/m0/s1. The lowest BCUT2D eigenvalue weighted by Gasteiger charge is -2.44. The van der Waals surface area contributed by atoms with Gasteiger partial charge in [-0.05, 0) is 51.3 Å². The highest BCUT2D eigenvalue weighted by Gasteiger charge is 2.71. The zero-order valence-corrected chi connectivity index (χ0v) is 16.2. The van der Waals surface area contributed by atoms with Crippen LogP contribution in [0.4, 0.5) is 5.69 Å². The van der Waals surface area contributed by atoms with Crippen LogP contribution < -0.4 is 5.32 Å². The molecule has 4 nitrogen and oxygen atoms in total. The number of carbonyl (C=O) groups excluding carboxylic acids is 1. The van der Waals surface area contributed by atoms with Crippen LogP contribution in [0, 0.1) is 5.41 Å². The molecule has 1 aliphatic carbocycles. The summed E-state index contributed by atoms with van der Waals surface area (Å²) in [5.74, 6) is 0.0215. The predicted octanol–water partition coefficient (Wildman–Crippen LogP) is 4.56. The number of nitrogens with one attached hydrogen (secondary N) is 1. The van der Waals surface area contributed by atoms with Crippen LogP contribution >= 0.6 is 0 Å². The molecule has 2 fully saturated rings. The molecule has 142 valence electrons. The van der Waals surface area contributed by atoms with Crippen LogP contribution in [-0.4, -0.2) is 23.2 Å². The molecule has 1 amide bonds. The number of carbonyl (C=O) groups is 1. The SMILES string of the molecule is CC1(C)O[C@]2(C)C[C@@]1(C(=O)Nc1ccccc1)C[C@@H]2OCc1ccccc1. The Balaban J connectivity index is 1.53. The van der Waals surface area contributed by atoms with Gasteiger partial charge in [0.1, 0.15) is 0 Å². The summed E-state index contributed by atoms with van der Waals surface area (Å²) in [4.78, 5) is 13.3. The van der Waals surface area contributed by atoms with Crippen molar-refractivity contribution in [2.75, 3.05) is 5.32 Å². The molecule has 0 aromatic heterocycles. The van der Waals surface area contributed by atoms with Crippen molar-refractivity contribution in [2.24, 2.45) is 5.41 Å². The van der Waals surface area contributed by atoms with Crippen LogP contribution in [0.15, 0.2) is 60.7 Å². The Morgan fingerprint density at radius 3 is 2.37 bits per heavy atom. The summed E-state index contributed by atoms with van der Waals surface area (Å²) in [6.45, 7) is 6.66. The molecule has 0 spiro atoms. The van der Waals surface area contributed by atoms with E-state index >= 15 is 0 Å². The summed E-state index contributed by atoms with van der Waals surface area (Å²) >= 11 is 0. The molecule has 0 radical (unpaired) electrons. The summed E-state index contributed by atoms with van der Waals surface area (Å²) in [5.41, 5.74) is 0.360. The highest BCUT2D eigenvalue weighted by atomic mass is 16.6. The van der Waals surface area contributed by atoms with E-state index in [0.29, 0.717) is 19.4 Å². The molecular weight excluding hydrogens is 338 g/mol. The molecule has 1 N–H and O–H groups in total. The fraction of sp³-hybridized carbons (Fsp3) is 0.435. The van der Waals surface area contributed by atoms with Crippen molar-refractivity contribution in [1.82, 2.24) is 0 Å². The summed E-state index contributed by atoms with van der Waals surface area (Å²) in [5, 5.41) is 3.09. The van der Waals surface area contributed by atoms with Crippen molar-refractivity contribution >= 4 is 11.6 Å². The third-order valence-electron chi connectivity index (χ3n) is 6.27. The number of rotatable bonds is 5. The summed E-state index contributed by atoms with van der Waals surface area (Å²) in [6.07, 6.45) is 1.24. The van der Waals surface area contributed by atoms with E-state index in [-0.39, 0.29) is 12.0 Å². The molecule has 1 saturated heterocycles. The summed E-state index contributed by atoms with van der Waals surface area (Å²) in [7, 11) is 0. The van der Waals surface area contributed by atoms with Gasteiger partial charge in [-0.3, -0.25) is 4.79 Å². The third-order valence-corrected chi connectivity index (χ3v) is 6.27. The Bertz CT molecular complexity index is 820. The van der Waals surface area contributed by atoms with Crippen molar-refractivity contribution < 1.29 is 14.3 Å². The minimum absolute atomic E-state index is 0.0215. The maximum Gasteiger partial charge on any atom is 0.233 e. The predicted molar refractivity (Wildman–Crippen MR) is 105 cm³/mol. The Labute approximate surface area is 160 Å². The highest BCUT2D eigenvalue weighted by Crippen LogP contribution is 2.62. The monoisotopic (exact) mass is 365 g/mol. The van der Waals surface area contributed by atoms with Gasteiger partial charge in [0.15, 0.2) is 0 Å². The molecule has 1 saturated carbocycles. The zero-order valence-electron chi connectivity index (χ0n) is 16.2. The number of fused-ring (bicyclic) bond motifs is 2. The van der Waals surface area contributed by atoms with Gasteiger partial charge in [-0.2, -0.15) is 0 Å². The van der Waals surface area contributed by atoms with Gasteiger partial charge in [-0.15, -0.1) is 0 Å². The van der Waals surface area contributed by atoms with Gasteiger partial charge >= 0.3 is 0 Å². The van der Waals surface area contributed by atoms with Gasteiger partial charge in [0.25, 0.3) is 0 Å². The normalized spacial score (nSPS) is 31.0. The molecule has 1 heterocycles. The Morgan fingerprint density at radius 1 is 1.07 bits per heavy atom. The van der Waals surface area contributed by atoms with Crippen LogP contribution in [0.5, 0.6) is 0 Å². The van der Waals surface area contributed by atoms with Crippen LogP contribution in [0.2, 0.25) is 0 Å². The number of ether oxygens (including phenoxy) is 2. The molecule has 2 aliphatic rings. The van der Waals surface area contributed by atoms with Crippen molar-refractivity contribution in [3.63, 3.8) is 0 Å². The lowest BCUT2D eigenvalue weighted by molar-refractivity contribution is -0.201. The van der Waals surface area contributed by atoms with Crippen molar-refractivity contribution in [2.45, 2.75) is 57.5 Å². The summed E-state index contributed by atoms with van der Waals surface area (Å²) < 4.78 is 12.7. The van der Waals surface area contributed by atoms with Crippen LogP contribution in [0.3, 0.4) is 0 Å².